The molecule has 23 heavy (non-hydrogen) atoms. The fraction of sp³-hybridized carbons (Fsp3) is 0.600. The Morgan fingerprint density at radius 2 is 2.17 bits per heavy atom. The molecule has 1 saturated carbocycles. The van der Waals surface area contributed by atoms with Crippen molar-refractivity contribution in [3.63, 3.8) is 0 Å². The van der Waals surface area contributed by atoms with Crippen molar-refractivity contribution in [2.24, 2.45) is 5.92 Å². The van der Waals surface area contributed by atoms with Gasteiger partial charge in [-0.2, -0.15) is 13.2 Å². The highest BCUT2D eigenvalue weighted by atomic mass is 19.4. The molecule has 2 rings (SSSR count). The summed E-state index contributed by atoms with van der Waals surface area (Å²) in [6, 6.07) is 2.52. The van der Waals surface area contributed by atoms with Crippen molar-refractivity contribution in [1.29, 1.82) is 0 Å². The molecule has 1 aromatic rings. The van der Waals surface area contributed by atoms with Gasteiger partial charge in [-0.3, -0.25) is 0 Å². The van der Waals surface area contributed by atoms with Gasteiger partial charge < -0.3 is 15.4 Å². The minimum absolute atomic E-state index is 0.0546. The molecule has 1 aliphatic rings. The van der Waals surface area contributed by atoms with E-state index in [1.165, 1.54) is 7.11 Å². The molecule has 1 fully saturated rings. The Labute approximate surface area is 132 Å². The van der Waals surface area contributed by atoms with Crippen molar-refractivity contribution < 1.29 is 22.7 Å². The summed E-state index contributed by atoms with van der Waals surface area (Å²) in [6.07, 6.45) is -1.49. The molecule has 1 aliphatic carbocycles. The average Bonchev–Trinajstić information content (AvgIpc) is 2.53. The number of nitrogens with zero attached hydrogens (tertiary/aromatic N) is 1. The number of nitrogens with one attached hydrogen (secondary N) is 2. The Bertz CT molecular complexity index is 520. The van der Waals surface area contributed by atoms with Crippen LogP contribution in [-0.2, 0) is 6.54 Å². The maximum atomic E-state index is 12.7. The molecule has 0 spiro atoms. The first-order valence-corrected chi connectivity index (χ1v) is 7.48. The largest absolute Gasteiger partial charge is 0.481 e. The molecular weight excluding hydrogens is 311 g/mol. The Morgan fingerprint density at radius 1 is 1.39 bits per heavy atom. The number of pyridine rings is 1. The Kier molecular flexibility index (Phi) is 5.68. The van der Waals surface area contributed by atoms with E-state index in [1.807, 2.05) is 0 Å². The van der Waals surface area contributed by atoms with Gasteiger partial charge in [-0.1, -0.05) is 12.5 Å². The SMILES string of the molecule is COc1ccc(CNC(=O)N[C@@H]2CCC[C@@H](C(F)(F)F)C2)cn1. The van der Waals surface area contributed by atoms with Crippen LogP contribution < -0.4 is 15.4 Å². The smallest absolute Gasteiger partial charge is 0.391 e. The van der Waals surface area contributed by atoms with E-state index in [2.05, 4.69) is 15.6 Å². The number of rotatable bonds is 4. The Balaban J connectivity index is 1.77. The molecule has 8 heteroatoms. The van der Waals surface area contributed by atoms with Gasteiger partial charge in [-0.05, 0) is 24.8 Å². The summed E-state index contributed by atoms with van der Waals surface area (Å²) in [5, 5.41) is 5.24. The second-order valence-electron chi connectivity index (χ2n) is 5.64. The number of amides is 2. The van der Waals surface area contributed by atoms with Crippen LogP contribution >= 0.6 is 0 Å². The quantitative estimate of drug-likeness (QED) is 0.891. The normalized spacial score (nSPS) is 21.6. The van der Waals surface area contributed by atoms with Crippen LogP contribution in [-0.4, -0.2) is 30.3 Å². The van der Waals surface area contributed by atoms with Crippen molar-refractivity contribution in [2.45, 2.75) is 44.4 Å². The van der Waals surface area contributed by atoms with E-state index < -0.39 is 24.2 Å². The lowest BCUT2D eigenvalue weighted by atomic mass is 9.85. The Hall–Kier alpha value is -1.99. The van der Waals surface area contributed by atoms with Crippen LogP contribution in [0, 0.1) is 5.92 Å². The minimum atomic E-state index is -4.19. The number of carbonyl (C=O) groups is 1. The summed E-state index contributed by atoms with van der Waals surface area (Å²) in [6.45, 7) is 0.248. The van der Waals surface area contributed by atoms with Crippen LogP contribution in [0.25, 0.3) is 0 Å². The lowest BCUT2D eigenvalue weighted by Crippen LogP contribution is -2.45. The van der Waals surface area contributed by atoms with Gasteiger partial charge in [0.1, 0.15) is 0 Å². The van der Waals surface area contributed by atoms with Gasteiger partial charge in [0.25, 0.3) is 0 Å². The third kappa shape index (κ3) is 5.30. The molecule has 0 unspecified atom stereocenters. The predicted molar refractivity (Wildman–Crippen MR) is 78.0 cm³/mol. The van der Waals surface area contributed by atoms with Crippen LogP contribution in [0.2, 0.25) is 0 Å². The summed E-state index contributed by atoms with van der Waals surface area (Å²) >= 11 is 0. The lowest BCUT2D eigenvalue weighted by Gasteiger charge is -2.31. The molecular formula is C15H20F3N3O2. The molecule has 2 atom stereocenters. The number of alkyl halides is 3. The number of halogens is 3. The van der Waals surface area contributed by atoms with Crippen LogP contribution in [0.5, 0.6) is 5.88 Å². The molecule has 0 radical (unpaired) electrons. The number of methoxy groups -OCH3 is 1. The zero-order valence-electron chi connectivity index (χ0n) is 12.8. The fourth-order valence-corrected chi connectivity index (χ4v) is 2.67. The summed E-state index contributed by atoms with van der Waals surface area (Å²) in [7, 11) is 1.51. The fourth-order valence-electron chi connectivity index (χ4n) is 2.67. The monoisotopic (exact) mass is 331 g/mol. The first kappa shape index (κ1) is 17.4. The van der Waals surface area contributed by atoms with Gasteiger partial charge in [0.2, 0.25) is 5.88 Å². The molecule has 0 aliphatic heterocycles. The van der Waals surface area contributed by atoms with Crippen molar-refractivity contribution in [3.05, 3.63) is 23.9 Å². The molecule has 2 N–H and O–H groups in total. The summed E-state index contributed by atoms with van der Waals surface area (Å²) < 4.78 is 43.1. The molecule has 0 aromatic carbocycles. The van der Waals surface area contributed by atoms with E-state index >= 15 is 0 Å². The maximum Gasteiger partial charge on any atom is 0.391 e. The molecule has 1 heterocycles. The van der Waals surface area contributed by atoms with Gasteiger partial charge in [-0.25, -0.2) is 9.78 Å². The van der Waals surface area contributed by atoms with Crippen LogP contribution in [0.15, 0.2) is 18.3 Å². The predicted octanol–water partition coefficient (Wildman–Crippen LogP) is 3.01. The minimum Gasteiger partial charge on any atom is -0.481 e. The molecule has 0 bridgehead atoms. The first-order chi connectivity index (χ1) is 10.9. The van der Waals surface area contributed by atoms with E-state index in [0.717, 1.165) is 5.56 Å². The molecule has 5 nitrogen and oxygen atoms in total. The van der Waals surface area contributed by atoms with E-state index in [1.54, 1.807) is 18.3 Å². The highest BCUT2D eigenvalue weighted by Gasteiger charge is 2.42. The van der Waals surface area contributed by atoms with E-state index in [-0.39, 0.29) is 19.4 Å². The first-order valence-electron chi connectivity index (χ1n) is 7.48. The number of hydrogen-bond acceptors (Lipinski definition) is 3. The number of aromatic nitrogens is 1. The standard InChI is InChI=1S/C15H20F3N3O2/c1-23-13-6-5-10(8-19-13)9-20-14(22)21-12-4-2-3-11(7-12)15(16,17)18/h5-6,8,11-12H,2-4,7,9H2,1H3,(H2,20,21,22)/t11-,12-/m1/s1. The van der Waals surface area contributed by atoms with Gasteiger partial charge in [0.15, 0.2) is 0 Å². The van der Waals surface area contributed by atoms with Crippen LogP contribution in [0.4, 0.5) is 18.0 Å². The third-order valence-corrected chi connectivity index (χ3v) is 3.93. The molecule has 128 valence electrons. The van der Waals surface area contributed by atoms with Gasteiger partial charge in [0.05, 0.1) is 13.0 Å². The van der Waals surface area contributed by atoms with Gasteiger partial charge in [-0.15, -0.1) is 0 Å². The molecule has 0 saturated heterocycles. The topological polar surface area (TPSA) is 63.2 Å². The lowest BCUT2D eigenvalue weighted by molar-refractivity contribution is -0.183. The zero-order valence-corrected chi connectivity index (χ0v) is 12.8. The second-order valence-corrected chi connectivity index (χ2v) is 5.64. The second kappa shape index (κ2) is 7.52. The molecule has 2 amide bonds. The van der Waals surface area contributed by atoms with Crippen molar-refractivity contribution in [3.8, 4) is 5.88 Å². The Morgan fingerprint density at radius 3 is 2.78 bits per heavy atom. The number of ether oxygens (including phenoxy) is 1. The van der Waals surface area contributed by atoms with Gasteiger partial charge in [0, 0.05) is 24.8 Å². The average molecular weight is 331 g/mol. The third-order valence-electron chi connectivity index (χ3n) is 3.93. The van der Waals surface area contributed by atoms with Crippen LogP contribution in [0.1, 0.15) is 31.2 Å². The van der Waals surface area contributed by atoms with Crippen LogP contribution in [0.3, 0.4) is 0 Å². The summed E-state index contributed by atoms with van der Waals surface area (Å²) in [4.78, 5) is 15.8. The zero-order chi connectivity index (χ0) is 16.9. The number of urea groups is 1. The summed E-state index contributed by atoms with van der Waals surface area (Å²) in [5.74, 6) is -0.856. The highest BCUT2D eigenvalue weighted by molar-refractivity contribution is 5.74. The number of carbonyl (C=O) groups excluding carboxylic acids is 1. The summed E-state index contributed by atoms with van der Waals surface area (Å²) in [5.41, 5.74) is 0.776. The van der Waals surface area contributed by atoms with E-state index in [0.29, 0.717) is 18.7 Å². The molecule has 1 aromatic heterocycles. The highest BCUT2D eigenvalue weighted by Crippen LogP contribution is 2.37. The maximum absolute atomic E-state index is 12.7. The van der Waals surface area contributed by atoms with Crippen molar-refractivity contribution >= 4 is 6.03 Å². The van der Waals surface area contributed by atoms with Gasteiger partial charge >= 0.3 is 12.2 Å². The van der Waals surface area contributed by atoms with Crippen molar-refractivity contribution in [2.75, 3.05) is 7.11 Å². The number of hydrogen-bond donors (Lipinski definition) is 2. The van der Waals surface area contributed by atoms with Crippen molar-refractivity contribution in [1.82, 2.24) is 15.6 Å². The van der Waals surface area contributed by atoms with E-state index in [9.17, 15) is 18.0 Å². The van der Waals surface area contributed by atoms with E-state index in [4.69, 9.17) is 4.74 Å².